The number of halogens is 1. The highest BCUT2D eigenvalue weighted by Gasteiger charge is 2.22. The Balaban J connectivity index is 1.82. The highest BCUT2D eigenvalue weighted by molar-refractivity contribution is 7.89. The molecule has 0 amide bonds. The van der Waals surface area contributed by atoms with E-state index < -0.39 is 21.9 Å². The van der Waals surface area contributed by atoms with E-state index in [1.165, 1.54) is 31.4 Å². The van der Waals surface area contributed by atoms with Crippen LogP contribution in [0.15, 0.2) is 41.3 Å². The fourth-order valence-electron chi connectivity index (χ4n) is 2.51. The Bertz CT molecular complexity index is 885. The molecular weight excluding hydrogens is 349 g/mol. The molecule has 1 aliphatic rings. The van der Waals surface area contributed by atoms with E-state index in [9.17, 15) is 12.8 Å². The number of benzene rings is 2. The molecule has 25 heavy (non-hydrogen) atoms. The van der Waals surface area contributed by atoms with Crippen molar-refractivity contribution in [3.8, 4) is 17.2 Å². The molecule has 134 valence electrons. The van der Waals surface area contributed by atoms with E-state index in [4.69, 9.17) is 14.2 Å². The molecule has 0 aliphatic carbocycles. The Hall–Kier alpha value is -2.32. The van der Waals surface area contributed by atoms with E-state index in [0.29, 0.717) is 30.3 Å². The maximum Gasteiger partial charge on any atom is 0.241 e. The molecule has 0 saturated carbocycles. The normalized spacial score (nSPS) is 14.8. The van der Waals surface area contributed by atoms with Gasteiger partial charge in [0.1, 0.15) is 13.2 Å². The molecule has 8 heteroatoms. The monoisotopic (exact) mass is 367 g/mol. The van der Waals surface area contributed by atoms with Gasteiger partial charge < -0.3 is 14.2 Å². The van der Waals surface area contributed by atoms with Gasteiger partial charge in [0.05, 0.1) is 12.0 Å². The van der Waals surface area contributed by atoms with E-state index in [2.05, 4.69) is 4.72 Å². The van der Waals surface area contributed by atoms with Gasteiger partial charge in [0, 0.05) is 12.1 Å². The number of ether oxygens (including phenoxy) is 3. The first-order chi connectivity index (χ1) is 11.9. The lowest BCUT2D eigenvalue weighted by Crippen LogP contribution is -2.27. The average molecular weight is 367 g/mol. The summed E-state index contributed by atoms with van der Waals surface area (Å²) in [5, 5.41) is 0. The number of hydrogen-bond acceptors (Lipinski definition) is 5. The molecule has 1 unspecified atom stereocenters. The molecule has 2 aromatic rings. The first-order valence-electron chi connectivity index (χ1n) is 7.66. The lowest BCUT2D eigenvalue weighted by atomic mass is 10.1. The number of hydrogen-bond donors (Lipinski definition) is 1. The van der Waals surface area contributed by atoms with Gasteiger partial charge in [0.15, 0.2) is 23.1 Å². The second-order valence-corrected chi connectivity index (χ2v) is 7.26. The molecule has 0 radical (unpaired) electrons. The van der Waals surface area contributed by atoms with Crippen molar-refractivity contribution >= 4 is 10.0 Å². The standard InChI is InChI=1S/C17H18FNO5S/c1-11(12-3-5-15(22-2)14(18)9-12)19-25(20,21)13-4-6-16-17(10-13)24-8-7-23-16/h3-6,9-11,19H,7-8H2,1-2H3. The average Bonchev–Trinajstić information content (AvgIpc) is 2.60. The van der Waals surface area contributed by atoms with Crippen LogP contribution in [0, 0.1) is 5.82 Å². The van der Waals surface area contributed by atoms with Gasteiger partial charge in [-0.3, -0.25) is 0 Å². The van der Waals surface area contributed by atoms with Crippen molar-refractivity contribution in [2.24, 2.45) is 0 Å². The molecule has 0 aromatic heterocycles. The lowest BCUT2D eigenvalue weighted by Gasteiger charge is -2.20. The molecule has 0 fully saturated rings. The van der Waals surface area contributed by atoms with Crippen LogP contribution in [0.25, 0.3) is 0 Å². The lowest BCUT2D eigenvalue weighted by molar-refractivity contribution is 0.171. The van der Waals surface area contributed by atoms with E-state index in [1.807, 2.05) is 0 Å². The van der Waals surface area contributed by atoms with Gasteiger partial charge in [-0.15, -0.1) is 0 Å². The Morgan fingerprint density at radius 1 is 1.12 bits per heavy atom. The third-order valence-corrected chi connectivity index (χ3v) is 5.37. The summed E-state index contributed by atoms with van der Waals surface area (Å²) < 4.78 is 57.2. The van der Waals surface area contributed by atoms with Crippen molar-refractivity contribution < 1.29 is 27.0 Å². The molecule has 3 rings (SSSR count). The van der Waals surface area contributed by atoms with Crippen molar-refractivity contribution in [3.05, 3.63) is 47.8 Å². The summed E-state index contributed by atoms with van der Waals surface area (Å²) in [7, 11) is -2.44. The van der Waals surface area contributed by atoms with Crippen LogP contribution in [0.5, 0.6) is 17.2 Å². The highest BCUT2D eigenvalue weighted by atomic mass is 32.2. The van der Waals surface area contributed by atoms with Crippen molar-refractivity contribution in [3.63, 3.8) is 0 Å². The summed E-state index contributed by atoms with van der Waals surface area (Å²) in [6.07, 6.45) is 0. The van der Waals surface area contributed by atoms with Gasteiger partial charge in [0.25, 0.3) is 0 Å². The van der Waals surface area contributed by atoms with Crippen LogP contribution in [-0.4, -0.2) is 28.7 Å². The minimum Gasteiger partial charge on any atom is -0.494 e. The molecule has 6 nitrogen and oxygen atoms in total. The number of methoxy groups -OCH3 is 1. The van der Waals surface area contributed by atoms with Crippen LogP contribution in [0.3, 0.4) is 0 Å². The number of fused-ring (bicyclic) bond motifs is 1. The third-order valence-electron chi connectivity index (χ3n) is 3.83. The molecule has 2 aromatic carbocycles. The van der Waals surface area contributed by atoms with Crippen molar-refractivity contribution in [1.29, 1.82) is 0 Å². The Kier molecular flexibility index (Phi) is 4.82. The van der Waals surface area contributed by atoms with E-state index >= 15 is 0 Å². The summed E-state index contributed by atoms with van der Waals surface area (Å²) >= 11 is 0. The minimum absolute atomic E-state index is 0.0533. The predicted octanol–water partition coefficient (Wildman–Crippen LogP) is 2.65. The van der Waals surface area contributed by atoms with Gasteiger partial charge >= 0.3 is 0 Å². The maximum absolute atomic E-state index is 13.8. The van der Waals surface area contributed by atoms with E-state index in [-0.39, 0.29) is 10.6 Å². The quantitative estimate of drug-likeness (QED) is 0.879. The van der Waals surface area contributed by atoms with E-state index in [1.54, 1.807) is 19.1 Å². The van der Waals surface area contributed by atoms with Crippen LogP contribution >= 0.6 is 0 Å². The zero-order chi connectivity index (χ0) is 18.0. The minimum atomic E-state index is -3.81. The van der Waals surface area contributed by atoms with Crippen LogP contribution in [-0.2, 0) is 10.0 Å². The zero-order valence-electron chi connectivity index (χ0n) is 13.8. The summed E-state index contributed by atoms with van der Waals surface area (Å²) in [5.74, 6) is 0.448. The number of nitrogens with one attached hydrogen (secondary N) is 1. The first kappa shape index (κ1) is 17.5. The maximum atomic E-state index is 13.8. The molecule has 0 bridgehead atoms. The second-order valence-electron chi connectivity index (χ2n) is 5.54. The number of rotatable bonds is 5. The largest absolute Gasteiger partial charge is 0.494 e. The fraction of sp³-hybridized carbons (Fsp3) is 0.294. The third kappa shape index (κ3) is 3.69. The van der Waals surface area contributed by atoms with Gasteiger partial charge in [-0.2, -0.15) is 0 Å². The van der Waals surface area contributed by atoms with Crippen LogP contribution in [0.4, 0.5) is 4.39 Å². The SMILES string of the molecule is COc1ccc(C(C)NS(=O)(=O)c2ccc3c(c2)OCCO3)cc1F. The van der Waals surface area contributed by atoms with E-state index in [0.717, 1.165) is 0 Å². The van der Waals surface area contributed by atoms with Gasteiger partial charge in [-0.25, -0.2) is 17.5 Å². The van der Waals surface area contributed by atoms with Crippen molar-refractivity contribution in [2.75, 3.05) is 20.3 Å². The molecule has 1 aliphatic heterocycles. The van der Waals surface area contributed by atoms with Crippen LogP contribution in [0.2, 0.25) is 0 Å². The van der Waals surface area contributed by atoms with Gasteiger partial charge in [-0.05, 0) is 36.8 Å². The van der Waals surface area contributed by atoms with Gasteiger partial charge in [0.2, 0.25) is 10.0 Å². The molecular formula is C17H18FNO5S. The highest BCUT2D eigenvalue weighted by Crippen LogP contribution is 2.32. The Labute approximate surface area is 145 Å². The topological polar surface area (TPSA) is 73.9 Å². The molecule has 1 atom stereocenters. The summed E-state index contributed by atoms with van der Waals surface area (Å²) in [6.45, 7) is 2.43. The van der Waals surface area contributed by atoms with Gasteiger partial charge in [-0.1, -0.05) is 6.07 Å². The molecule has 0 spiro atoms. The van der Waals surface area contributed by atoms with Crippen molar-refractivity contribution in [1.82, 2.24) is 4.72 Å². The Morgan fingerprint density at radius 3 is 2.52 bits per heavy atom. The first-order valence-corrected chi connectivity index (χ1v) is 9.14. The van der Waals surface area contributed by atoms with Crippen LogP contribution in [0.1, 0.15) is 18.5 Å². The Morgan fingerprint density at radius 2 is 1.84 bits per heavy atom. The number of sulfonamides is 1. The summed E-state index contributed by atoms with van der Waals surface area (Å²) in [5.41, 5.74) is 0.486. The predicted molar refractivity (Wildman–Crippen MR) is 89.1 cm³/mol. The van der Waals surface area contributed by atoms with Crippen molar-refractivity contribution in [2.45, 2.75) is 17.9 Å². The molecule has 1 N–H and O–H groups in total. The van der Waals surface area contributed by atoms with Crippen LogP contribution < -0.4 is 18.9 Å². The zero-order valence-corrected chi connectivity index (χ0v) is 14.6. The smallest absolute Gasteiger partial charge is 0.241 e. The molecule has 0 saturated heterocycles. The molecule has 1 heterocycles. The summed E-state index contributed by atoms with van der Waals surface area (Å²) in [6, 6.07) is 8.10. The summed E-state index contributed by atoms with van der Waals surface area (Å²) in [4.78, 5) is 0.0533. The second kappa shape index (κ2) is 6.89. The fourth-order valence-corrected chi connectivity index (χ4v) is 3.76.